The average Bonchev–Trinajstić information content (AvgIpc) is 2.98. The molecule has 0 atom stereocenters. The first-order valence-corrected chi connectivity index (χ1v) is 8.26. The van der Waals surface area contributed by atoms with E-state index in [0.29, 0.717) is 17.4 Å². The smallest absolute Gasteiger partial charge is 0.258 e. The number of halogens is 1. The maximum Gasteiger partial charge on any atom is 0.258 e. The SMILES string of the molecule is Cc1ncc(CNc2nc3cc[nH]c(=O)c3c3cc(Br)ccc23)[nH]1. The van der Waals surface area contributed by atoms with Crippen molar-refractivity contribution < 1.29 is 0 Å². The number of nitrogens with one attached hydrogen (secondary N) is 3. The Morgan fingerprint density at radius 3 is 2.92 bits per heavy atom. The first-order chi connectivity index (χ1) is 11.6. The van der Waals surface area contributed by atoms with Crippen molar-refractivity contribution in [2.24, 2.45) is 0 Å². The second-order valence-electron chi connectivity index (χ2n) is 5.56. The van der Waals surface area contributed by atoms with E-state index >= 15 is 0 Å². The minimum Gasteiger partial charge on any atom is -0.364 e. The number of hydrogen-bond acceptors (Lipinski definition) is 4. The molecule has 0 aliphatic carbocycles. The van der Waals surface area contributed by atoms with Gasteiger partial charge in [-0.3, -0.25) is 4.79 Å². The van der Waals surface area contributed by atoms with Gasteiger partial charge in [0.1, 0.15) is 11.6 Å². The van der Waals surface area contributed by atoms with E-state index in [1.807, 2.05) is 31.2 Å². The van der Waals surface area contributed by atoms with Crippen molar-refractivity contribution in [1.29, 1.82) is 0 Å². The molecule has 0 fully saturated rings. The number of H-pyrrole nitrogens is 2. The third kappa shape index (κ3) is 2.56. The number of nitrogens with zero attached hydrogens (tertiary/aromatic N) is 2. The van der Waals surface area contributed by atoms with E-state index in [0.717, 1.165) is 32.6 Å². The number of imidazole rings is 1. The van der Waals surface area contributed by atoms with Crippen LogP contribution in [-0.4, -0.2) is 19.9 Å². The van der Waals surface area contributed by atoms with Crippen molar-refractivity contribution in [3.8, 4) is 0 Å². The Morgan fingerprint density at radius 1 is 1.25 bits per heavy atom. The second-order valence-corrected chi connectivity index (χ2v) is 6.48. The number of fused-ring (bicyclic) bond motifs is 3. The molecular weight excluding hydrogens is 370 g/mol. The predicted molar refractivity (Wildman–Crippen MR) is 98.2 cm³/mol. The molecule has 3 heterocycles. The summed E-state index contributed by atoms with van der Waals surface area (Å²) in [7, 11) is 0. The highest BCUT2D eigenvalue weighted by Crippen LogP contribution is 2.29. The normalized spacial score (nSPS) is 11.2. The maximum atomic E-state index is 12.3. The lowest BCUT2D eigenvalue weighted by Gasteiger charge is -2.11. The molecule has 24 heavy (non-hydrogen) atoms. The summed E-state index contributed by atoms with van der Waals surface area (Å²) in [5.41, 5.74) is 1.50. The summed E-state index contributed by atoms with van der Waals surface area (Å²) in [6.45, 7) is 2.49. The Bertz CT molecular complexity index is 1120. The molecule has 0 bridgehead atoms. The van der Waals surface area contributed by atoms with Crippen LogP contribution in [-0.2, 0) is 6.54 Å². The van der Waals surface area contributed by atoms with Crippen molar-refractivity contribution >= 4 is 43.4 Å². The van der Waals surface area contributed by atoms with E-state index in [-0.39, 0.29) is 5.56 Å². The van der Waals surface area contributed by atoms with Gasteiger partial charge < -0.3 is 15.3 Å². The molecular formula is C17H14BrN5O. The summed E-state index contributed by atoms with van der Waals surface area (Å²) in [6.07, 6.45) is 3.41. The topological polar surface area (TPSA) is 86.5 Å². The van der Waals surface area contributed by atoms with Crippen LogP contribution in [0.25, 0.3) is 21.7 Å². The summed E-state index contributed by atoms with van der Waals surface area (Å²) in [6, 6.07) is 7.65. The first kappa shape index (κ1) is 14.9. The number of aromatic amines is 2. The fourth-order valence-corrected chi connectivity index (χ4v) is 3.17. The van der Waals surface area contributed by atoms with Gasteiger partial charge in [0, 0.05) is 21.4 Å². The molecule has 0 radical (unpaired) electrons. The van der Waals surface area contributed by atoms with Gasteiger partial charge in [0.15, 0.2) is 0 Å². The molecule has 0 amide bonds. The molecule has 4 rings (SSSR count). The molecule has 4 aromatic rings. The number of rotatable bonds is 3. The van der Waals surface area contributed by atoms with Gasteiger partial charge in [-0.05, 0) is 31.2 Å². The summed E-state index contributed by atoms with van der Waals surface area (Å²) in [4.78, 5) is 27.0. The number of anilines is 1. The van der Waals surface area contributed by atoms with Crippen LogP contribution >= 0.6 is 15.9 Å². The van der Waals surface area contributed by atoms with Crippen molar-refractivity contribution in [2.45, 2.75) is 13.5 Å². The van der Waals surface area contributed by atoms with Crippen molar-refractivity contribution in [3.63, 3.8) is 0 Å². The molecule has 0 aliphatic heterocycles. The molecule has 0 saturated heterocycles. The Balaban J connectivity index is 1.89. The first-order valence-electron chi connectivity index (χ1n) is 7.47. The van der Waals surface area contributed by atoms with Crippen LogP contribution in [0.4, 0.5) is 5.82 Å². The summed E-state index contributed by atoms with van der Waals surface area (Å²) in [5, 5.41) is 5.69. The quantitative estimate of drug-likeness (QED) is 0.472. The monoisotopic (exact) mass is 383 g/mol. The van der Waals surface area contributed by atoms with Crippen LogP contribution in [0.5, 0.6) is 0 Å². The molecule has 6 nitrogen and oxygen atoms in total. The van der Waals surface area contributed by atoms with Crippen LogP contribution in [0.15, 0.2) is 45.9 Å². The summed E-state index contributed by atoms with van der Waals surface area (Å²) in [5.74, 6) is 1.61. The van der Waals surface area contributed by atoms with Gasteiger partial charge in [-0.15, -0.1) is 0 Å². The molecule has 0 aliphatic rings. The highest BCUT2D eigenvalue weighted by Gasteiger charge is 2.11. The maximum absolute atomic E-state index is 12.3. The lowest BCUT2D eigenvalue weighted by atomic mass is 10.1. The summed E-state index contributed by atoms with van der Waals surface area (Å²) >= 11 is 3.48. The number of aryl methyl sites for hydroxylation is 1. The summed E-state index contributed by atoms with van der Waals surface area (Å²) < 4.78 is 0.917. The van der Waals surface area contributed by atoms with Crippen LogP contribution in [0.2, 0.25) is 0 Å². The fourth-order valence-electron chi connectivity index (χ4n) is 2.81. The van der Waals surface area contributed by atoms with E-state index in [1.54, 1.807) is 12.4 Å². The van der Waals surface area contributed by atoms with E-state index in [4.69, 9.17) is 0 Å². The minimum atomic E-state index is -0.140. The molecule has 3 N–H and O–H groups in total. The van der Waals surface area contributed by atoms with Crippen LogP contribution in [0, 0.1) is 6.92 Å². The average molecular weight is 384 g/mol. The number of hydrogen-bond donors (Lipinski definition) is 3. The molecule has 3 aromatic heterocycles. The van der Waals surface area contributed by atoms with Gasteiger partial charge in [0.2, 0.25) is 0 Å². The zero-order valence-corrected chi connectivity index (χ0v) is 14.4. The molecule has 0 spiro atoms. The van der Waals surface area contributed by atoms with Crippen LogP contribution in [0.3, 0.4) is 0 Å². The molecule has 0 saturated carbocycles. The minimum absolute atomic E-state index is 0.140. The van der Waals surface area contributed by atoms with Gasteiger partial charge in [0.05, 0.1) is 29.3 Å². The number of benzene rings is 1. The predicted octanol–water partition coefficient (Wildman–Crippen LogP) is 3.48. The van der Waals surface area contributed by atoms with Crippen molar-refractivity contribution in [3.05, 3.63) is 63.0 Å². The van der Waals surface area contributed by atoms with Crippen molar-refractivity contribution in [1.82, 2.24) is 19.9 Å². The highest BCUT2D eigenvalue weighted by atomic mass is 79.9. The Morgan fingerprint density at radius 2 is 2.12 bits per heavy atom. The fraction of sp³-hybridized carbons (Fsp3) is 0.118. The van der Waals surface area contributed by atoms with E-state index in [9.17, 15) is 4.79 Å². The zero-order chi connectivity index (χ0) is 16.7. The van der Waals surface area contributed by atoms with Gasteiger partial charge in [0.25, 0.3) is 5.56 Å². The Labute approximate surface area is 145 Å². The molecule has 7 heteroatoms. The van der Waals surface area contributed by atoms with Gasteiger partial charge in [-0.25, -0.2) is 9.97 Å². The van der Waals surface area contributed by atoms with E-state index in [1.165, 1.54) is 0 Å². The Hall–Kier alpha value is -2.67. The number of aromatic nitrogens is 4. The molecule has 1 aromatic carbocycles. The van der Waals surface area contributed by atoms with Gasteiger partial charge >= 0.3 is 0 Å². The lowest BCUT2D eigenvalue weighted by molar-refractivity contribution is 1.04. The van der Waals surface area contributed by atoms with Crippen LogP contribution in [0.1, 0.15) is 11.5 Å². The van der Waals surface area contributed by atoms with Gasteiger partial charge in [-0.1, -0.05) is 15.9 Å². The van der Waals surface area contributed by atoms with E-state index in [2.05, 4.69) is 41.2 Å². The number of pyridine rings is 2. The molecule has 120 valence electrons. The highest BCUT2D eigenvalue weighted by molar-refractivity contribution is 9.10. The largest absolute Gasteiger partial charge is 0.364 e. The van der Waals surface area contributed by atoms with E-state index < -0.39 is 0 Å². The molecule has 0 unspecified atom stereocenters. The van der Waals surface area contributed by atoms with Crippen molar-refractivity contribution in [2.75, 3.05) is 5.32 Å². The third-order valence-electron chi connectivity index (χ3n) is 3.88. The second kappa shape index (κ2) is 5.76. The zero-order valence-electron chi connectivity index (χ0n) is 12.9. The van der Waals surface area contributed by atoms with Gasteiger partial charge in [-0.2, -0.15) is 0 Å². The van der Waals surface area contributed by atoms with Crippen LogP contribution < -0.4 is 10.9 Å². The lowest BCUT2D eigenvalue weighted by Crippen LogP contribution is -2.08. The Kier molecular flexibility index (Phi) is 3.57. The third-order valence-corrected chi connectivity index (χ3v) is 4.37. The standard InChI is InChI=1S/C17H14BrN5O/c1-9-20-7-11(22-9)8-21-16-12-3-2-10(18)6-13(12)15-14(23-16)4-5-19-17(15)24/h2-7H,8H2,1H3,(H,19,24)(H,20,22)(H,21,23).